The SMILES string of the molecule is Cc1nc([N+](=O)[O-])cn1CC(=O)N1CCCN(C(=O)OCC(C)C)CC1. The fraction of sp³-hybridized carbons (Fsp3) is 0.688. The summed E-state index contributed by atoms with van der Waals surface area (Å²) in [5.74, 6) is 0.258. The van der Waals surface area contributed by atoms with E-state index in [0.717, 1.165) is 0 Å². The molecule has 2 heterocycles. The highest BCUT2D eigenvalue weighted by Gasteiger charge is 2.24. The highest BCUT2D eigenvalue weighted by Crippen LogP contribution is 2.12. The highest BCUT2D eigenvalue weighted by atomic mass is 16.6. The van der Waals surface area contributed by atoms with Gasteiger partial charge in [0.2, 0.25) is 11.7 Å². The van der Waals surface area contributed by atoms with Gasteiger partial charge >= 0.3 is 11.9 Å². The molecule has 0 bridgehead atoms. The monoisotopic (exact) mass is 367 g/mol. The van der Waals surface area contributed by atoms with Gasteiger partial charge in [0.1, 0.15) is 12.7 Å². The van der Waals surface area contributed by atoms with Crippen molar-refractivity contribution in [2.75, 3.05) is 32.8 Å². The van der Waals surface area contributed by atoms with E-state index in [1.54, 1.807) is 16.7 Å². The minimum absolute atomic E-state index is 0.00946. The quantitative estimate of drug-likeness (QED) is 0.575. The predicted molar refractivity (Wildman–Crippen MR) is 92.6 cm³/mol. The summed E-state index contributed by atoms with van der Waals surface area (Å²) in [6.45, 7) is 7.81. The number of aryl methyl sites for hydroxylation is 1. The first kappa shape index (κ1) is 19.7. The van der Waals surface area contributed by atoms with Crippen LogP contribution in [0.25, 0.3) is 0 Å². The third-order valence-electron chi connectivity index (χ3n) is 4.10. The van der Waals surface area contributed by atoms with Gasteiger partial charge in [0.15, 0.2) is 0 Å². The van der Waals surface area contributed by atoms with E-state index in [1.165, 1.54) is 10.8 Å². The van der Waals surface area contributed by atoms with Gasteiger partial charge in [0, 0.05) is 33.1 Å². The van der Waals surface area contributed by atoms with Gasteiger partial charge < -0.3 is 24.7 Å². The second kappa shape index (κ2) is 8.63. The van der Waals surface area contributed by atoms with Crippen LogP contribution in [-0.4, -0.2) is 69.1 Å². The number of aromatic nitrogens is 2. The number of carbonyl (C=O) groups is 2. The van der Waals surface area contributed by atoms with Crippen molar-refractivity contribution in [3.05, 3.63) is 22.1 Å². The average Bonchev–Trinajstić information content (AvgIpc) is 2.80. The fourth-order valence-electron chi connectivity index (χ4n) is 2.66. The zero-order valence-electron chi connectivity index (χ0n) is 15.4. The molecular weight excluding hydrogens is 342 g/mol. The topological polar surface area (TPSA) is 111 Å². The number of nitrogens with zero attached hydrogens (tertiary/aromatic N) is 5. The number of carbonyl (C=O) groups excluding carboxylic acids is 2. The molecule has 1 aromatic heterocycles. The van der Waals surface area contributed by atoms with Gasteiger partial charge in [-0.1, -0.05) is 13.8 Å². The molecule has 144 valence electrons. The first-order valence-electron chi connectivity index (χ1n) is 8.65. The van der Waals surface area contributed by atoms with E-state index in [2.05, 4.69) is 4.98 Å². The molecule has 1 saturated heterocycles. The molecule has 10 nitrogen and oxygen atoms in total. The molecule has 2 amide bonds. The van der Waals surface area contributed by atoms with Crippen LogP contribution >= 0.6 is 0 Å². The van der Waals surface area contributed by atoms with E-state index in [1.807, 2.05) is 13.8 Å². The van der Waals surface area contributed by atoms with Crippen molar-refractivity contribution in [2.45, 2.75) is 33.7 Å². The standard InChI is InChI=1S/C16H25N5O5/c1-12(2)11-26-16(23)19-6-4-5-18(7-8-19)15(22)10-20-9-14(21(24)25)17-13(20)3/h9,12H,4-8,10-11H2,1-3H3. The molecule has 10 heteroatoms. The summed E-state index contributed by atoms with van der Waals surface area (Å²) in [7, 11) is 0. The molecule has 0 spiro atoms. The van der Waals surface area contributed by atoms with Crippen molar-refractivity contribution in [2.24, 2.45) is 5.92 Å². The fourth-order valence-corrected chi connectivity index (χ4v) is 2.66. The molecule has 0 saturated carbocycles. The number of nitro groups is 1. The third-order valence-corrected chi connectivity index (χ3v) is 4.10. The third kappa shape index (κ3) is 5.17. The summed E-state index contributed by atoms with van der Waals surface area (Å²) in [5, 5.41) is 10.8. The number of hydrogen-bond donors (Lipinski definition) is 0. The molecule has 0 aliphatic carbocycles. The Morgan fingerprint density at radius 2 is 1.92 bits per heavy atom. The van der Waals surface area contributed by atoms with Gasteiger partial charge in [0.25, 0.3) is 0 Å². The zero-order valence-corrected chi connectivity index (χ0v) is 15.4. The van der Waals surface area contributed by atoms with Crippen LogP contribution in [-0.2, 0) is 16.1 Å². The molecule has 1 fully saturated rings. The maximum Gasteiger partial charge on any atom is 0.409 e. The summed E-state index contributed by atoms with van der Waals surface area (Å²) in [5.41, 5.74) is 0. The molecule has 1 aliphatic heterocycles. The molecular formula is C16H25N5O5. The minimum Gasteiger partial charge on any atom is -0.449 e. The second-order valence-electron chi connectivity index (χ2n) is 6.72. The normalized spacial score (nSPS) is 15.1. The van der Waals surface area contributed by atoms with Gasteiger partial charge in [-0.05, 0) is 22.2 Å². The number of ether oxygens (including phenoxy) is 1. The Hall–Kier alpha value is -2.65. The summed E-state index contributed by atoms with van der Waals surface area (Å²) in [6, 6.07) is 0. The first-order valence-corrected chi connectivity index (χ1v) is 8.65. The summed E-state index contributed by atoms with van der Waals surface area (Å²) >= 11 is 0. The van der Waals surface area contributed by atoms with E-state index in [0.29, 0.717) is 45.0 Å². The van der Waals surface area contributed by atoms with Crippen LogP contribution in [0, 0.1) is 23.0 Å². The minimum atomic E-state index is -0.583. The van der Waals surface area contributed by atoms with Crippen molar-refractivity contribution in [3.63, 3.8) is 0 Å². The number of hydrogen-bond acceptors (Lipinski definition) is 6. The number of amides is 2. The average molecular weight is 367 g/mol. The molecule has 1 aromatic rings. The molecule has 0 atom stereocenters. The largest absolute Gasteiger partial charge is 0.449 e. The Labute approximate surface area is 151 Å². The smallest absolute Gasteiger partial charge is 0.409 e. The molecule has 1 aliphatic rings. The predicted octanol–water partition coefficient (Wildman–Crippen LogP) is 1.43. The maximum absolute atomic E-state index is 12.5. The van der Waals surface area contributed by atoms with E-state index < -0.39 is 4.92 Å². The van der Waals surface area contributed by atoms with Gasteiger partial charge in [-0.2, -0.15) is 0 Å². The Morgan fingerprint density at radius 3 is 2.54 bits per heavy atom. The van der Waals surface area contributed by atoms with Crippen LogP contribution in [0.5, 0.6) is 0 Å². The van der Waals surface area contributed by atoms with Crippen molar-refractivity contribution in [1.29, 1.82) is 0 Å². The molecule has 0 radical (unpaired) electrons. The lowest BCUT2D eigenvalue weighted by Gasteiger charge is -2.22. The van der Waals surface area contributed by atoms with Gasteiger partial charge in [-0.3, -0.25) is 9.36 Å². The molecule has 0 unspecified atom stereocenters. The van der Waals surface area contributed by atoms with Crippen LogP contribution in [0.3, 0.4) is 0 Å². The summed E-state index contributed by atoms with van der Waals surface area (Å²) in [6.07, 6.45) is 1.57. The van der Waals surface area contributed by atoms with Crippen LogP contribution < -0.4 is 0 Å². The number of rotatable bonds is 5. The Bertz CT molecular complexity index is 672. The summed E-state index contributed by atoms with van der Waals surface area (Å²) < 4.78 is 6.71. The Kier molecular flexibility index (Phi) is 6.53. The van der Waals surface area contributed by atoms with Crippen molar-refractivity contribution in [1.82, 2.24) is 19.4 Å². The highest BCUT2D eigenvalue weighted by molar-refractivity contribution is 5.76. The van der Waals surface area contributed by atoms with E-state index in [9.17, 15) is 19.7 Å². The molecule has 0 aromatic carbocycles. The maximum atomic E-state index is 12.5. The van der Waals surface area contributed by atoms with E-state index in [-0.39, 0.29) is 30.3 Å². The number of imidazole rings is 1. The van der Waals surface area contributed by atoms with Crippen LogP contribution in [0.2, 0.25) is 0 Å². The van der Waals surface area contributed by atoms with Crippen LogP contribution in [0.15, 0.2) is 6.20 Å². The Balaban J connectivity index is 1.91. The Morgan fingerprint density at radius 1 is 1.27 bits per heavy atom. The molecule has 2 rings (SSSR count). The van der Waals surface area contributed by atoms with Crippen LogP contribution in [0.4, 0.5) is 10.6 Å². The van der Waals surface area contributed by atoms with E-state index in [4.69, 9.17) is 4.74 Å². The van der Waals surface area contributed by atoms with Gasteiger partial charge in [-0.15, -0.1) is 0 Å². The lowest BCUT2D eigenvalue weighted by molar-refractivity contribution is -0.389. The zero-order chi connectivity index (χ0) is 19.3. The van der Waals surface area contributed by atoms with Crippen molar-refractivity contribution < 1.29 is 19.2 Å². The van der Waals surface area contributed by atoms with E-state index >= 15 is 0 Å². The second-order valence-corrected chi connectivity index (χ2v) is 6.72. The lowest BCUT2D eigenvalue weighted by Crippen LogP contribution is -2.39. The van der Waals surface area contributed by atoms with Crippen molar-refractivity contribution >= 4 is 17.8 Å². The van der Waals surface area contributed by atoms with Crippen molar-refractivity contribution in [3.8, 4) is 0 Å². The van der Waals surface area contributed by atoms with Gasteiger partial charge in [-0.25, -0.2) is 4.79 Å². The first-order chi connectivity index (χ1) is 12.3. The molecule has 0 N–H and O–H groups in total. The summed E-state index contributed by atoms with van der Waals surface area (Å²) in [4.78, 5) is 41.9. The lowest BCUT2D eigenvalue weighted by atomic mass is 10.2. The van der Waals surface area contributed by atoms with Gasteiger partial charge in [0.05, 0.1) is 6.61 Å². The van der Waals surface area contributed by atoms with Crippen LogP contribution in [0.1, 0.15) is 26.1 Å². The molecule has 26 heavy (non-hydrogen) atoms.